The molecule has 0 spiro atoms. The lowest BCUT2D eigenvalue weighted by Gasteiger charge is -2.32. The number of ether oxygens (including phenoxy) is 1. The van der Waals surface area contributed by atoms with Crippen LogP contribution in [-0.4, -0.2) is 48.5 Å². The molecule has 136 valence electrons. The maximum absolute atomic E-state index is 12.3. The van der Waals surface area contributed by atoms with Crippen LogP contribution in [0.2, 0.25) is 0 Å². The minimum Gasteiger partial charge on any atom is -0.484 e. The number of benzene rings is 2. The van der Waals surface area contributed by atoms with E-state index in [9.17, 15) is 14.9 Å². The number of nitrogens with one attached hydrogen (secondary N) is 1. The van der Waals surface area contributed by atoms with Gasteiger partial charge in [-0.15, -0.1) is 0 Å². The van der Waals surface area contributed by atoms with Crippen LogP contribution in [-0.2, 0) is 11.3 Å². The van der Waals surface area contributed by atoms with Crippen molar-refractivity contribution < 1.29 is 19.4 Å². The van der Waals surface area contributed by atoms with E-state index in [2.05, 4.69) is 0 Å². The SMILES string of the molecule is O=C(COc1ccccc1)N1CC[NH+](Cc2cccc([N+](=O)[O-])c2)CC1. The van der Waals surface area contributed by atoms with Gasteiger partial charge in [-0.3, -0.25) is 14.9 Å². The maximum Gasteiger partial charge on any atom is 0.269 e. The Kier molecular flexibility index (Phi) is 5.80. The van der Waals surface area contributed by atoms with Crippen molar-refractivity contribution in [1.82, 2.24) is 4.90 Å². The summed E-state index contributed by atoms with van der Waals surface area (Å²) in [5, 5.41) is 10.9. The molecule has 2 aromatic rings. The fourth-order valence-corrected chi connectivity index (χ4v) is 3.07. The molecule has 0 bridgehead atoms. The lowest BCUT2D eigenvalue weighted by Crippen LogP contribution is -3.13. The number of carbonyl (C=O) groups is 1. The molecule has 1 fully saturated rings. The summed E-state index contributed by atoms with van der Waals surface area (Å²) in [5.41, 5.74) is 1.06. The number of nitrogens with zero attached hydrogens (tertiary/aromatic N) is 2. The average molecular weight is 356 g/mol. The van der Waals surface area contributed by atoms with E-state index in [-0.39, 0.29) is 23.1 Å². The average Bonchev–Trinajstić information content (AvgIpc) is 2.68. The van der Waals surface area contributed by atoms with Crippen LogP contribution in [0.3, 0.4) is 0 Å². The summed E-state index contributed by atoms with van der Waals surface area (Å²) in [4.78, 5) is 25.9. The van der Waals surface area contributed by atoms with Crippen molar-refractivity contribution in [1.29, 1.82) is 0 Å². The van der Waals surface area contributed by atoms with Gasteiger partial charge in [0.1, 0.15) is 12.3 Å². The van der Waals surface area contributed by atoms with Gasteiger partial charge in [0, 0.05) is 17.7 Å². The number of non-ortho nitro benzene ring substituents is 1. The molecule has 0 radical (unpaired) electrons. The standard InChI is InChI=1S/C19H21N3O4/c23-19(15-26-18-7-2-1-3-8-18)21-11-9-20(10-12-21)14-16-5-4-6-17(13-16)22(24)25/h1-8,13H,9-12,14-15H2/p+1. The lowest BCUT2D eigenvalue weighted by molar-refractivity contribution is -0.917. The fourth-order valence-electron chi connectivity index (χ4n) is 3.07. The minimum absolute atomic E-state index is 0.0109. The van der Waals surface area contributed by atoms with E-state index in [4.69, 9.17) is 4.74 Å². The Bertz CT molecular complexity index is 758. The molecule has 1 amide bonds. The van der Waals surface area contributed by atoms with Gasteiger partial charge in [0.15, 0.2) is 6.61 Å². The van der Waals surface area contributed by atoms with Crippen LogP contribution in [0, 0.1) is 10.1 Å². The lowest BCUT2D eigenvalue weighted by atomic mass is 10.1. The number of quaternary nitrogens is 1. The Morgan fingerprint density at radius 1 is 1.12 bits per heavy atom. The largest absolute Gasteiger partial charge is 0.484 e. The zero-order chi connectivity index (χ0) is 18.4. The van der Waals surface area contributed by atoms with Gasteiger partial charge < -0.3 is 14.5 Å². The van der Waals surface area contributed by atoms with Crippen molar-refractivity contribution in [2.75, 3.05) is 32.8 Å². The molecule has 1 heterocycles. The van der Waals surface area contributed by atoms with E-state index < -0.39 is 0 Å². The topological polar surface area (TPSA) is 77.1 Å². The molecular weight excluding hydrogens is 334 g/mol. The van der Waals surface area contributed by atoms with Crippen molar-refractivity contribution in [3.8, 4) is 5.75 Å². The van der Waals surface area contributed by atoms with Crippen LogP contribution in [0.5, 0.6) is 5.75 Å². The highest BCUT2D eigenvalue weighted by Gasteiger charge is 2.24. The first-order valence-electron chi connectivity index (χ1n) is 8.64. The second-order valence-electron chi connectivity index (χ2n) is 6.34. The predicted molar refractivity (Wildman–Crippen MR) is 96.0 cm³/mol. The monoisotopic (exact) mass is 356 g/mol. The number of piperazine rings is 1. The number of hydrogen-bond acceptors (Lipinski definition) is 4. The molecule has 1 aliphatic rings. The number of nitro groups is 1. The van der Waals surface area contributed by atoms with Crippen molar-refractivity contribution >= 4 is 11.6 Å². The fraction of sp³-hybridized carbons (Fsp3) is 0.316. The molecule has 26 heavy (non-hydrogen) atoms. The molecule has 0 unspecified atom stereocenters. The highest BCUT2D eigenvalue weighted by molar-refractivity contribution is 5.77. The Morgan fingerprint density at radius 3 is 2.54 bits per heavy atom. The van der Waals surface area contributed by atoms with Crippen LogP contribution >= 0.6 is 0 Å². The van der Waals surface area contributed by atoms with Gasteiger partial charge in [0.2, 0.25) is 0 Å². The van der Waals surface area contributed by atoms with Crippen LogP contribution in [0.15, 0.2) is 54.6 Å². The number of carbonyl (C=O) groups excluding carboxylic acids is 1. The highest BCUT2D eigenvalue weighted by atomic mass is 16.6. The second-order valence-corrected chi connectivity index (χ2v) is 6.34. The van der Waals surface area contributed by atoms with Gasteiger partial charge in [-0.1, -0.05) is 30.3 Å². The smallest absolute Gasteiger partial charge is 0.269 e. The van der Waals surface area contributed by atoms with Crippen molar-refractivity contribution in [3.63, 3.8) is 0 Å². The Hall–Kier alpha value is -2.93. The van der Waals surface area contributed by atoms with E-state index in [1.165, 1.54) is 11.0 Å². The molecule has 0 aliphatic carbocycles. The second kappa shape index (κ2) is 8.44. The molecule has 1 N–H and O–H groups in total. The number of para-hydroxylation sites is 1. The van der Waals surface area contributed by atoms with Crippen LogP contribution in [0.4, 0.5) is 5.69 Å². The molecule has 0 atom stereocenters. The summed E-state index contributed by atoms with van der Waals surface area (Å²) in [6.45, 7) is 3.75. The Balaban J connectivity index is 1.46. The summed E-state index contributed by atoms with van der Waals surface area (Å²) in [5.74, 6) is 0.680. The van der Waals surface area contributed by atoms with Crippen LogP contribution in [0.25, 0.3) is 0 Å². The highest BCUT2D eigenvalue weighted by Crippen LogP contribution is 2.12. The summed E-state index contributed by atoms with van der Waals surface area (Å²) < 4.78 is 5.52. The summed E-state index contributed by atoms with van der Waals surface area (Å²) >= 11 is 0. The van der Waals surface area contributed by atoms with E-state index >= 15 is 0 Å². The number of amides is 1. The quantitative estimate of drug-likeness (QED) is 0.616. The molecular formula is C19H22N3O4+. The van der Waals surface area contributed by atoms with Gasteiger partial charge in [-0.05, 0) is 12.1 Å². The summed E-state index contributed by atoms with van der Waals surface area (Å²) in [7, 11) is 0. The molecule has 3 rings (SSSR count). The maximum atomic E-state index is 12.3. The summed E-state index contributed by atoms with van der Waals surface area (Å²) in [6.07, 6.45) is 0. The van der Waals surface area contributed by atoms with Gasteiger partial charge in [-0.25, -0.2) is 0 Å². The van der Waals surface area contributed by atoms with Gasteiger partial charge >= 0.3 is 0 Å². The molecule has 0 aromatic heterocycles. The van der Waals surface area contributed by atoms with Crippen molar-refractivity contribution in [3.05, 3.63) is 70.3 Å². The molecule has 0 saturated carbocycles. The Morgan fingerprint density at radius 2 is 1.85 bits per heavy atom. The first kappa shape index (κ1) is 17.9. The first-order chi connectivity index (χ1) is 12.6. The molecule has 7 nitrogen and oxygen atoms in total. The van der Waals surface area contributed by atoms with Gasteiger partial charge in [-0.2, -0.15) is 0 Å². The van der Waals surface area contributed by atoms with Gasteiger partial charge in [0.05, 0.1) is 31.1 Å². The van der Waals surface area contributed by atoms with E-state index in [0.717, 1.165) is 25.2 Å². The number of rotatable bonds is 6. The van der Waals surface area contributed by atoms with Crippen molar-refractivity contribution in [2.45, 2.75) is 6.54 Å². The number of hydrogen-bond donors (Lipinski definition) is 1. The van der Waals surface area contributed by atoms with Crippen LogP contribution < -0.4 is 9.64 Å². The van der Waals surface area contributed by atoms with Crippen LogP contribution in [0.1, 0.15) is 5.56 Å². The normalized spacial score (nSPS) is 14.8. The molecule has 7 heteroatoms. The molecule has 1 aliphatic heterocycles. The van der Waals surface area contributed by atoms with Crippen molar-refractivity contribution in [2.24, 2.45) is 0 Å². The third-order valence-electron chi connectivity index (χ3n) is 4.50. The third-order valence-corrected chi connectivity index (χ3v) is 4.50. The third kappa shape index (κ3) is 4.80. The van der Waals surface area contributed by atoms with E-state index in [1.807, 2.05) is 41.3 Å². The zero-order valence-corrected chi connectivity index (χ0v) is 14.5. The molecule has 2 aromatic carbocycles. The number of nitro benzene ring substituents is 1. The minimum atomic E-state index is -0.373. The Labute approximate surface area is 151 Å². The van der Waals surface area contributed by atoms with E-state index in [0.29, 0.717) is 18.8 Å². The van der Waals surface area contributed by atoms with E-state index in [1.54, 1.807) is 12.1 Å². The zero-order valence-electron chi connectivity index (χ0n) is 14.5. The summed E-state index contributed by atoms with van der Waals surface area (Å²) in [6, 6.07) is 16.0. The first-order valence-corrected chi connectivity index (χ1v) is 8.64. The molecule has 1 saturated heterocycles. The predicted octanol–water partition coefficient (Wildman–Crippen LogP) is 0.901. The van der Waals surface area contributed by atoms with Gasteiger partial charge in [0.25, 0.3) is 11.6 Å².